The summed E-state index contributed by atoms with van der Waals surface area (Å²) in [5.41, 5.74) is 0.615. The van der Waals surface area contributed by atoms with Gasteiger partial charge in [-0.25, -0.2) is 0 Å². The molecule has 0 amide bonds. The molecule has 0 aliphatic carbocycles. The third-order valence-corrected chi connectivity index (χ3v) is 4.18. The Morgan fingerprint density at radius 1 is 1.07 bits per heavy atom. The molecule has 0 rings (SSSR count). The van der Waals surface area contributed by atoms with Gasteiger partial charge in [-0.15, -0.1) is 6.58 Å². The fourth-order valence-electron chi connectivity index (χ4n) is 2.21. The Morgan fingerprint density at radius 2 is 1.50 bits per heavy atom. The first kappa shape index (κ1) is 13.5. The lowest BCUT2D eigenvalue weighted by Gasteiger charge is -2.45. The van der Waals surface area contributed by atoms with E-state index < -0.39 is 0 Å². The Labute approximate surface area is 90.1 Å². The Hall–Kier alpha value is -0.520. The van der Waals surface area contributed by atoms with Crippen LogP contribution in [0.5, 0.6) is 0 Å². The third kappa shape index (κ3) is 2.50. The molecule has 0 spiro atoms. The molecular weight excluding hydrogens is 168 g/mol. The van der Waals surface area contributed by atoms with Gasteiger partial charge in [-0.05, 0) is 36.5 Å². The van der Waals surface area contributed by atoms with Gasteiger partial charge in [0, 0.05) is 0 Å². The van der Waals surface area contributed by atoms with Gasteiger partial charge in [0.15, 0.2) is 0 Å². The SMILES string of the molecule is [CH]=CCC(C)(CC)C(C)(CC)CC=C. The molecule has 0 aromatic heterocycles. The predicted octanol–water partition coefficient (Wildman–Crippen LogP) is 4.77. The Kier molecular flexibility index (Phi) is 5.18. The summed E-state index contributed by atoms with van der Waals surface area (Å²) in [5.74, 6) is 0. The molecule has 0 saturated carbocycles. The minimum absolute atomic E-state index is 0.296. The molecule has 14 heavy (non-hydrogen) atoms. The van der Waals surface area contributed by atoms with E-state index in [1.54, 1.807) is 6.08 Å². The molecule has 1 radical (unpaired) electrons. The molecule has 0 saturated heterocycles. The van der Waals surface area contributed by atoms with E-state index in [0.29, 0.717) is 10.8 Å². The van der Waals surface area contributed by atoms with E-state index in [1.807, 2.05) is 6.08 Å². The molecule has 0 heteroatoms. The van der Waals surface area contributed by atoms with Gasteiger partial charge in [0.1, 0.15) is 0 Å². The van der Waals surface area contributed by atoms with Gasteiger partial charge in [0.25, 0.3) is 0 Å². The molecule has 0 aromatic rings. The van der Waals surface area contributed by atoms with Gasteiger partial charge in [0.2, 0.25) is 0 Å². The van der Waals surface area contributed by atoms with Gasteiger partial charge in [-0.3, -0.25) is 0 Å². The van der Waals surface area contributed by atoms with E-state index in [-0.39, 0.29) is 0 Å². The normalized spacial score (nSPS) is 19.4. The van der Waals surface area contributed by atoms with Crippen LogP contribution in [-0.4, -0.2) is 0 Å². The first-order chi connectivity index (χ1) is 6.49. The fraction of sp³-hybridized carbons (Fsp3) is 0.714. The van der Waals surface area contributed by atoms with Crippen molar-refractivity contribution in [2.45, 2.75) is 53.4 Å². The molecule has 81 valence electrons. The van der Waals surface area contributed by atoms with Crippen LogP contribution >= 0.6 is 0 Å². The van der Waals surface area contributed by atoms with Gasteiger partial charge < -0.3 is 0 Å². The highest BCUT2D eigenvalue weighted by molar-refractivity contribution is 4.97. The first-order valence-electron chi connectivity index (χ1n) is 5.64. The van der Waals surface area contributed by atoms with E-state index in [0.717, 1.165) is 12.8 Å². The smallest absolute Gasteiger partial charge is 0.0237 e. The number of hydrogen-bond acceptors (Lipinski definition) is 0. The maximum Gasteiger partial charge on any atom is -0.0237 e. The van der Waals surface area contributed by atoms with E-state index in [4.69, 9.17) is 6.58 Å². The predicted molar refractivity (Wildman–Crippen MR) is 65.1 cm³/mol. The van der Waals surface area contributed by atoms with E-state index >= 15 is 0 Å². The summed E-state index contributed by atoms with van der Waals surface area (Å²) < 4.78 is 0. The second-order valence-corrected chi connectivity index (χ2v) is 4.76. The zero-order chi connectivity index (χ0) is 11.2. The summed E-state index contributed by atoms with van der Waals surface area (Å²) in [6.07, 6.45) is 8.24. The summed E-state index contributed by atoms with van der Waals surface area (Å²) in [5, 5.41) is 0. The zero-order valence-electron chi connectivity index (χ0n) is 10.3. The van der Waals surface area contributed by atoms with Gasteiger partial charge in [-0.1, -0.05) is 46.4 Å². The lowest BCUT2D eigenvalue weighted by molar-refractivity contribution is 0.0642. The molecule has 0 N–H and O–H groups in total. The maximum atomic E-state index is 5.59. The fourth-order valence-corrected chi connectivity index (χ4v) is 2.21. The average Bonchev–Trinajstić information content (AvgIpc) is 2.18. The quantitative estimate of drug-likeness (QED) is 0.511. The molecule has 0 aliphatic heterocycles. The van der Waals surface area contributed by atoms with E-state index in [1.165, 1.54) is 12.8 Å². The third-order valence-electron chi connectivity index (χ3n) is 4.18. The van der Waals surface area contributed by atoms with Crippen molar-refractivity contribution < 1.29 is 0 Å². The minimum atomic E-state index is 0.296. The van der Waals surface area contributed by atoms with Crippen molar-refractivity contribution in [1.29, 1.82) is 0 Å². The highest BCUT2D eigenvalue weighted by Gasteiger charge is 2.39. The summed E-state index contributed by atoms with van der Waals surface area (Å²) in [7, 11) is 0. The lowest BCUT2D eigenvalue weighted by Crippen LogP contribution is -2.36. The Morgan fingerprint density at radius 3 is 1.79 bits per heavy atom. The van der Waals surface area contributed by atoms with Crippen LogP contribution in [-0.2, 0) is 0 Å². The van der Waals surface area contributed by atoms with Crippen LogP contribution in [0.4, 0.5) is 0 Å². The van der Waals surface area contributed by atoms with Crippen molar-refractivity contribution >= 4 is 0 Å². The Bertz CT molecular complexity index is 170. The Balaban J connectivity index is 4.90. The second-order valence-electron chi connectivity index (χ2n) is 4.76. The molecule has 2 unspecified atom stereocenters. The molecule has 2 atom stereocenters. The monoisotopic (exact) mass is 193 g/mol. The van der Waals surface area contributed by atoms with Crippen LogP contribution in [0.2, 0.25) is 0 Å². The summed E-state index contributed by atoms with van der Waals surface area (Å²) >= 11 is 0. The molecule has 0 aromatic carbocycles. The maximum absolute atomic E-state index is 5.59. The van der Waals surface area contributed by atoms with Crippen LogP contribution in [0.3, 0.4) is 0 Å². The zero-order valence-corrected chi connectivity index (χ0v) is 10.3. The second kappa shape index (κ2) is 5.38. The van der Waals surface area contributed by atoms with Crippen molar-refractivity contribution in [2.24, 2.45) is 10.8 Å². The molecule has 0 bridgehead atoms. The van der Waals surface area contributed by atoms with Crippen LogP contribution in [0.1, 0.15) is 53.4 Å². The molecule has 0 heterocycles. The number of allylic oxidation sites excluding steroid dienone is 2. The highest BCUT2D eigenvalue weighted by Crippen LogP contribution is 2.49. The number of hydrogen-bond donors (Lipinski definition) is 0. The lowest BCUT2D eigenvalue weighted by atomic mass is 9.59. The summed E-state index contributed by atoms with van der Waals surface area (Å²) in [4.78, 5) is 0. The van der Waals surface area contributed by atoms with Gasteiger partial charge in [-0.2, -0.15) is 0 Å². The summed E-state index contributed by atoms with van der Waals surface area (Å²) in [6, 6.07) is 0. The van der Waals surface area contributed by atoms with Crippen molar-refractivity contribution in [3.8, 4) is 0 Å². The van der Waals surface area contributed by atoms with E-state index in [9.17, 15) is 0 Å². The van der Waals surface area contributed by atoms with E-state index in [2.05, 4.69) is 34.3 Å². The minimum Gasteiger partial charge on any atom is -0.103 e. The van der Waals surface area contributed by atoms with Crippen molar-refractivity contribution in [2.75, 3.05) is 0 Å². The molecule has 0 aliphatic rings. The summed E-state index contributed by atoms with van der Waals surface area (Å²) in [6.45, 7) is 18.6. The number of rotatable bonds is 7. The van der Waals surface area contributed by atoms with Gasteiger partial charge in [0.05, 0.1) is 0 Å². The van der Waals surface area contributed by atoms with Crippen LogP contribution in [0, 0.1) is 17.4 Å². The first-order valence-corrected chi connectivity index (χ1v) is 5.64. The standard InChI is InChI=1S/C14H25/c1-7-11-13(5,9-3)14(6,10-4)12-8-2/h1,7-8H,2,9-12H2,3-6H3. The largest absolute Gasteiger partial charge is 0.103 e. The average molecular weight is 193 g/mol. The van der Waals surface area contributed by atoms with Crippen molar-refractivity contribution in [3.63, 3.8) is 0 Å². The molecule has 0 nitrogen and oxygen atoms in total. The van der Waals surface area contributed by atoms with Crippen molar-refractivity contribution in [1.82, 2.24) is 0 Å². The highest BCUT2D eigenvalue weighted by atomic mass is 14.4. The van der Waals surface area contributed by atoms with Crippen molar-refractivity contribution in [3.05, 3.63) is 25.3 Å². The van der Waals surface area contributed by atoms with Crippen LogP contribution < -0.4 is 0 Å². The molecular formula is C14H25. The van der Waals surface area contributed by atoms with Crippen LogP contribution in [0.15, 0.2) is 18.7 Å². The van der Waals surface area contributed by atoms with Crippen LogP contribution in [0.25, 0.3) is 0 Å². The van der Waals surface area contributed by atoms with Gasteiger partial charge >= 0.3 is 0 Å². The molecule has 0 fully saturated rings. The topological polar surface area (TPSA) is 0 Å².